The number of aryl methyl sites for hydroxylation is 2. The molecule has 0 saturated heterocycles. The van der Waals surface area contributed by atoms with Crippen molar-refractivity contribution in [2.45, 2.75) is 19.8 Å². The van der Waals surface area contributed by atoms with Crippen LogP contribution in [0.15, 0.2) is 48.5 Å². The average Bonchev–Trinajstić information content (AvgIpc) is 2.88. The molecule has 0 nitrogen and oxygen atoms in total. The lowest BCUT2D eigenvalue weighted by atomic mass is 9.85. The molecule has 0 saturated carbocycles. The van der Waals surface area contributed by atoms with Gasteiger partial charge in [0.1, 0.15) is 17.5 Å². The van der Waals surface area contributed by atoms with E-state index in [2.05, 4.69) is 0 Å². The molecular formula is C21H15F3. The third kappa shape index (κ3) is 2.08. The topological polar surface area (TPSA) is 0 Å². The van der Waals surface area contributed by atoms with Gasteiger partial charge in [0.15, 0.2) is 0 Å². The van der Waals surface area contributed by atoms with Crippen LogP contribution < -0.4 is 0 Å². The highest BCUT2D eigenvalue weighted by atomic mass is 19.1. The summed E-state index contributed by atoms with van der Waals surface area (Å²) in [5.74, 6) is -1.42. The molecule has 0 spiro atoms. The van der Waals surface area contributed by atoms with Crippen LogP contribution >= 0.6 is 0 Å². The fourth-order valence-corrected chi connectivity index (χ4v) is 3.74. The molecule has 1 unspecified atom stereocenters. The van der Waals surface area contributed by atoms with Gasteiger partial charge in [-0.25, -0.2) is 13.2 Å². The molecule has 0 fully saturated rings. The second kappa shape index (κ2) is 5.23. The summed E-state index contributed by atoms with van der Waals surface area (Å²) >= 11 is 0. The Bertz CT molecular complexity index is 973. The first kappa shape index (κ1) is 15.0. The van der Waals surface area contributed by atoms with E-state index in [9.17, 15) is 13.2 Å². The molecule has 1 aliphatic carbocycles. The summed E-state index contributed by atoms with van der Waals surface area (Å²) in [7, 11) is 0. The molecule has 0 heterocycles. The predicted octanol–water partition coefficient (Wildman–Crippen LogP) is 5.88. The molecule has 1 atom stereocenters. The summed E-state index contributed by atoms with van der Waals surface area (Å²) < 4.78 is 42.3. The maximum atomic E-state index is 14.6. The maximum Gasteiger partial charge on any atom is 0.131 e. The minimum absolute atomic E-state index is 0.333. The van der Waals surface area contributed by atoms with Crippen LogP contribution in [-0.4, -0.2) is 0 Å². The van der Waals surface area contributed by atoms with E-state index in [1.165, 1.54) is 30.3 Å². The minimum Gasteiger partial charge on any atom is -0.207 e. The lowest BCUT2D eigenvalue weighted by Crippen LogP contribution is -2.04. The molecule has 0 amide bonds. The number of halogens is 3. The van der Waals surface area contributed by atoms with E-state index in [1.54, 1.807) is 18.2 Å². The van der Waals surface area contributed by atoms with Crippen LogP contribution in [0.3, 0.4) is 0 Å². The van der Waals surface area contributed by atoms with Crippen molar-refractivity contribution in [3.8, 4) is 11.1 Å². The Hall–Kier alpha value is -2.55. The zero-order valence-corrected chi connectivity index (χ0v) is 13.3. The van der Waals surface area contributed by atoms with E-state index in [-0.39, 0.29) is 23.4 Å². The molecular weight excluding hydrogens is 309 g/mol. The number of hydrogen-bond acceptors (Lipinski definition) is 0. The lowest BCUT2D eigenvalue weighted by molar-refractivity contribution is 0.622. The SMILES string of the molecule is Cc1ccc(F)cc1C1c2cc(F)ccc2-c2c(F)ccc(C)c21. The summed E-state index contributed by atoms with van der Waals surface area (Å²) in [5.41, 5.74) is 5.22. The standard InChI is InChI=1S/C21H15F3/c1-11-3-5-13(22)9-16(11)20-17-10-14(23)6-7-15(17)21-18(24)8-4-12(2)19(20)21/h3-10,20H,1-2H3. The van der Waals surface area contributed by atoms with Crippen molar-refractivity contribution in [3.05, 3.63) is 93.8 Å². The van der Waals surface area contributed by atoms with Crippen molar-refractivity contribution in [1.29, 1.82) is 0 Å². The Kier molecular flexibility index (Phi) is 3.27. The molecule has 0 bridgehead atoms. The number of benzene rings is 3. The quantitative estimate of drug-likeness (QED) is 0.410. The van der Waals surface area contributed by atoms with Crippen molar-refractivity contribution in [2.75, 3.05) is 0 Å². The van der Waals surface area contributed by atoms with Crippen LogP contribution in [0.5, 0.6) is 0 Å². The summed E-state index contributed by atoms with van der Waals surface area (Å²) in [6.07, 6.45) is 0. The van der Waals surface area contributed by atoms with Gasteiger partial charge in [-0.15, -0.1) is 0 Å². The average molecular weight is 324 g/mol. The Morgan fingerprint density at radius 2 is 1.33 bits per heavy atom. The van der Waals surface area contributed by atoms with Crippen LogP contribution in [0.2, 0.25) is 0 Å². The molecule has 0 N–H and O–H groups in total. The summed E-state index contributed by atoms with van der Waals surface area (Å²) in [5, 5.41) is 0. The molecule has 0 radical (unpaired) electrons. The Balaban J connectivity index is 2.11. The van der Waals surface area contributed by atoms with Gasteiger partial charge in [0, 0.05) is 11.5 Å². The van der Waals surface area contributed by atoms with Gasteiger partial charge >= 0.3 is 0 Å². The number of rotatable bonds is 1. The summed E-state index contributed by atoms with van der Waals surface area (Å²) in [6.45, 7) is 3.79. The second-order valence-electron chi connectivity index (χ2n) is 6.32. The minimum atomic E-state index is -0.376. The summed E-state index contributed by atoms with van der Waals surface area (Å²) in [6, 6.07) is 12.1. The van der Waals surface area contributed by atoms with Gasteiger partial charge in [0.05, 0.1) is 0 Å². The maximum absolute atomic E-state index is 14.6. The summed E-state index contributed by atoms with van der Waals surface area (Å²) in [4.78, 5) is 0. The first-order chi connectivity index (χ1) is 11.5. The Morgan fingerprint density at radius 1 is 0.708 bits per heavy atom. The van der Waals surface area contributed by atoms with Crippen LogP contribution in [-0.2, 0) is 0 Å². The van der Waals surface area contributed by atoms with Crippen molar-refractivity contribution in [3.63, 3.8) is 0 Å². The van der Waals surface area contributed by atoms with E-state index in [0.717, 1.165) is 22.3 Å². The highest BCUT2D eigenvalue weighted by molar-refractivity contribution is 5.82. The second-order valence-corrected chi connectivity index (χ2v) is 6.32. The zero-order chi connectivity index (χ0) is 17.0. The fourth-order valence-electron chi connectivity index (χ4n) is 3.74. The van der Waals surface area contributed by atoms with E-state index in [0.29, 0.717) is 16.7 Å². The first-order valence-corrected chi connectivity index (χ1v) is 7.82. The van der Waals surface area contributed by atoms with Crippen LogP contribution in [0.1, 0.15) is 33.7 Å². The zero-order valence-electron chi connectivity index (χ0n) is 13.3. The molecule has 3 heteroatoms. The van der Waals surface area contributed by atoms with Crippen LogP contribution in [0.4, 0.5) is 13.2 Å². The van der Waals surface area contributed by atoms with E-state index < -0.39 is 0 Å². The van der Waals surface area contributed by atoms with E-state index >= 15 is 0 Å². The molecule has 0 aliphatic heterocycles. The van der Waals surface area contributed by atoms with Gasteiger partial charge in [-0.05, 0) is 77.6 Å². The van der Waals surface area contributed by atoms with Gasteiger partial charge in [-0.2, -0.15) is 0 Å². The van der Waals surface area contributed by atoms with Gasteiger partial charge in [-0.1, -0.05) is 18.2 Å². The Morgan fingerprint density at radius 3 is 2.08 bits per heavy atom. The highest BCUT2D eigenvalue weighted by Gasteiger charge is 2.34. The molecule has 4 rings (SSSR count). The van der Waals surface area contributed by atoms with Gasteiger partial charge in [0.2, 0.25) is 0 Å². The molecule has 3 aromatic carbocycles. The van der Waals surface area contributed by atoms with Crippen LogP contribution in [0.25, 0.3) is 11.1 Å². The number of fused-ring (bicyclic) bond motifs is 3. The van der Waals surface area contributed by atoms with Gasteiger partial charge in [0.25, 0.3) is 0 Å². The molecule has 1 aliphatic rings. The van der Waals surface area contributed by atoms with Gasteiger partial charge < -0.3 is 0 Å². The Labute approximate surface area is 138 Å². The molecule has 120 valence electrons. The van der Waals surface area contributed by atoms with E-state index in [4.69, 9.17) is 0 Å². The fraction of sp³-hybridized carbons (Fsp3) is 0.143. The molecule has 3 aromatic rings. The van der Waals surface area contributed by atoms with Crippen molar-refractivity contribution in [2.24, 2.45) is 0 Å². The molecule has 0 aromatic heterocycles. The smallest absolute Gasteiger partial charge is 0.131 e. The highest BCUT2D eigenvalue weighted by Crippen LogP contribution is 2.51. The number of hydrogen-bond donors (Lipinski definition) is 0. The third-order valence-corrected chi connectivity index (χ3v) is 4.85. The van der Waals surface area contributed by atoms with Crippen molar-refractivity contribution < 1.29 is 13.2 Å². The largest absolute Gasteiger partial charge is 0.207 e. The molecule has 24 heavy (non-hydrogen) atoms. The van der Waals surface area contributed by atoms with Crippen molar-refractivity contribution in [1.82, 2.24) is 0 Å². The third-order valence-electron chi connectivity index (χ3n) is 4.85. The normalized spacial score (nSPS) is 15.3. The monoisotopic (exact) mass is 324 g/mol. The van der Waals surface area contributed by atoms with Gasteiger partial charge in [-0.3, -0.25) is 0 Å². The lowest BCUT2D eigenvalue weighted by Gasteiger charge is -2.19. The van der Waals surface area contributed by atoms with E-state index in [1.807, 2.05) is 13.8 Å². The predicted molar refractivity (Wildman–Crippen MR) is 88.6 cm³/mol. The van der Waals surface area contributed by atoms with Crippen LogP contribution in [0, 0.1) is 31.3 Å². The van der Waals surface area contributed by atoms with Crippen molar-refractivity contribution >= 4 is 0 Å². The first-order valence-electron chi connectivity index (χ1n) is 7.82.